The Morgan fingerprint density at radius 1 is 1.05 bits per heavy atom. The quantitative estimate of drug-likeness (QED) is 0.929. The fourth-order valence-electron chi connectivity index (χ4n) is 2.49. The van der Waals surface area contributed by atoms with Crippen LogP contribution in [0.5, 0.6) is 17.5 Å². The van der Waals surface area contributed by atoms with Crippen LogP contribution in [0.3, 0.4) is 0 Å². The number of methoxy groups -OCH3 is 1. The summed E-state index contributed by atoms with van der Waals surface area (Å²) in [4.78, 5) is 7.99. The second-order valence-corrected chi connectivity index (χ2v) is 4.84. The van der Waals surface area contributed by atoms with Crippen LogP contribution in [0.2, 0.25) is 0 Å². The van der Waals surface area contributed by atoms with Crippen LogP contribution in [-0.2, 0) is 12.8 Å². The number of aryl methyl sites for hydroxylation is 2. The number of rotatable bonds is 3. The maximum atomic E-state index is 5.90. The Bertz CT molecular complexity index is 629. The van der Waals surface area contributed by atoms with E-state index in [0.717, 1.165) is 18.6 Å². The van der Waals surface area contributed by atoms with Gasteiger partial charge in [0.25, 0.3) is 0 Å². The Morgan fingerprint density at radius 3 is 2.60 bits per heavy atom. The fraction of sp³-hybridized carbons (Fsp3) is 0.333. The van der Waals surface area contributed by atoms with Crippen molar-refractivity contribution in [3.63, 3.8) is 0 Å². The van der Waals surface area contributed by atoms with Crippen LogP contribution in [-0.4, -0.2) is 17.1 Å². The van der Waals surface area contributed by atoms with Crippen molar-refractivity contribution in [1.82, 2.24) is 9.97 Å². The number of nitrogens with zero attached hydrogens (tertiary/aromatic N) is 2. The van der Waals surface area contributed by atoms with E-state index in [1.54, 1.807) is 0 Å². The molecule has 104 valence electrons. The molecule has 1 aliphatic carbocycles. The molecule has 0 saturated carbocycles. The number of hydrogen-bond donors (Lipinski definition) is 1. The number of hydrogen-bond acceptors (Lipinski definition) is 5. The van der Waals surface area contributed by atoms with Crippen LogP contribution in [0.15, 0.2) is 24.5 Å². The average molecular weight is 271 g/mol. The first-order valence-electron chi connectivity index (χ1n) is 6.72. The predicted octanol–water partition coefficient (Wildman–Crippen LogP) is 2.74. The van der Waals surface area contributed by atoms with Crippen molar-refractivity contribution in [2.75, 3.05) is 12.8 Å². The molecule has 20 heavy (non-hydrogen) atoms. The van der Waals surface area contributed by atoms with Crippen LogP contribution in [0.4, 0.5) is 5.69 Å². The molecule has 0 unspecified atom stereocenters. The van der Waals surface area contributed by atoms with Crippen molar-refractivity contribution >= 4 is 5.69 Å². The molecule has 0 atom stereocenters. The third kappa shape index (κ3) is 2.39. The van der Waals surface area contributed by atoms with Gasteiger partial charge in [0.2, 0.25) is 11.8 Å². The standard InChI is InChI=1S/C15H17N3O2/c1-19-14-13(16)15(18-9-17-14)20-12-7-6-10-4-2-3-5-11(10)8-12/h6-9H,2-5,16H2,1H3. The first-order chi connectivity index (χ1) is 9.78. The second kappa shape index (κ2) is 5.36. The topological polar surface area (TPSA) is 70.3 Å². The van der Waals surface area contributed by atoms with Crippen molar-refractivity contribution in [2.45, 2.75) is 25.7 Å². The van der Waals surface area contributed by atoms with Crippen molar-refractivity contribution in [2.24, 2.45) is 0 Å². The molecule has 2 N–H and O–H groups in total. The Hall–Kier alpha value is -2.30. The van der Waals surface area contributed by atoms with Crippen molar-refractivity contribution in [3.05, 3.63) is 35.7 Å². The molecule has 0 aliphatic heterocycles. The number of fused-ring (bicyclic) bond motifs is 1. The molecule has 1 aromatic heterocycles. The lowest BCUT2D eigenvalue weighted by molar-refractivity contribution is 0.391. The summed E-state index contributed by atoms with van der Waals surface area (Å²) in [5, 5.41) is 0. The zero-order chi connectivity index (χ0) is 13.9. The van der Waals surface area contributed by atoms with Gasteiger partial charge in [0, 0.05) is 0 Å². The summed E-state index contributed by atoms with van der Waals surface area (Å²) < 4.78 is 10.8. The van der Waals surface area contributed by atoms with E-state index in [-0.39, 0.29) is 0 Å². The number of nitrogen functional groups attached to an aromatic ring is 1. The largest absolute Gasteiger partial charge is 0.479 e. The van der Waals surface area contributed by atoms with E-state index in [9.17, 15) is 0 Å². The van der Waals surface area contributed by atoms with Gasteiger partial charge in [0.05, 0.1) is 7.11 Å². The molecular weight excluding hydrogens is 254 g/mol. The zero-order valence-electron chi connectivity index (χ0n) is 11.4. The molecule has 5 heteroatoms. The molecule has 0 saturated heterocycles. The van der Waals surface area contributed by atoms with Gasteiger partial charge in [0.1, 0.15) is 12.1 Å². The molecule has 5 nitrogen and oxygen atoms in total. The van der Waals surface area contributed by atoms with Gasteiger partial charge in [-0.1, -0.05) is 6.07 Å². The minimum atomic E-state index is 0.313. The lowest BCUT2D eigenvalue weighted by Crippen LogP contribution is -2.03. The monoisotopic (exact) mass is 271 g/mol. The Labute approximate surface area is 117 Å². The summed E-state index contributed by atoms with van der Waals surface area (Å²) in [7, 11) is 1.52. The van der Waals surface area contributed by atoms with Gasteiger partial charge in [0.15, 0.2) is 5.69 Å². The lowest BCUT2D eigenvalue weighted by Gasteiger charge is -2.16. The van der Waals surface area contributed by atoms with Crippen molar-refractivity contribution in [1.29, 1.82) is 0 Å². The van der Waals surface area contributed by atoms with Crippen LogP contribution in [0.1, 0.15) is 24.0 Å². The minimum Gasteiger partial charge on any atom is -0.479 e. The highest BCUT2D eigenvalue weighted by Gasteiger charge is 2.13. The smallest absolute Gasteiger partial charge is 0.249 e. The van der Waals surface area contributed by atoms with Crippen molar-refractivity contribution in [3.8, 4) is 17.5 Å². The highest BCUT2D eigenvalue weighted by Crippen LogP contribution is 2.32. The van der Waals surface area contributed by atoms with E-state index < -0.39 is 0 Å². The van der Waals surface area contributed by atoms with Gasteiger partial charge in [-0.05, 0) is 48.9 Å². The first kappa shape index (κ1) is 12.7. The van der Waals surface area contributed by atoms with E-state index in [1.165, 1.54) is 37.4 Å². The van der Waals surface area contributed by atoms with Gasteiger partial charge in [-0.2, -0.15) is 9.97 Å². The molecular formula is C15H17N3O2. The highest BCUT2D eigenvalue weighted by atomic mass is 16.5. The van der Waals surface area contributed by atoms with Crippen LogP contribution < -0.4 is 15.2 Å². The molecule has 1 aliphatic rings. The third-order valence-corrected chi connectivity index (χ3v) is 3.54. The van der Waals surface area contributed by atoms with E-state index in [1.807, 2.05) is 6.07 Å². The highest BCUT2D eigenvalue weighted by molar-refractivity contribution is 5.57. The summed E-state index contributed by atoms with van der Waals surface area (Å²) >= 11 is 0. The average Bonchev–Trinajstić information content (AvgIpc) is 2.49. The van der Waals surface area contributed by atoms with Gasteiger partial charge in [-0.25, -0.2) is 0 Å². The third-order valence-electron chi connectivity index (χ3n) is 3.54. The Kier molecular flexibility index (Phi) is 3.41. The molecule has 0 radical (unpaired) electrons. The zero-order valence-corrected chi connectivity index (χ0v) is 11.4. The van der Waals surface area contributed by atoms with Crippen LogP contribution in [0, 0.1) is 0 Å². The number of benzene rings is 1. The Morgan fingerprint density at radius 2 is 1.80 bits per heavy atom. The first-order valence-corrected chi connectivity index (χ1v) is 6.72. The van der Waals surface area contributed by atoms with Crippen LogP contribution >= 0.6 is 0 Å². The second-order valence-electron chi connectivity index (χ2n) is 4.84. The molecule has 1 heterocycles. The summed E-state index contributed by atoms with van der Waals surface area (Å²) in [6.07, 6.45) is 6.14. The molecule has 0 spiro atoms. The van der Waals surface area contributed by atoms with Gasteiger partial charge in [-0.15, -0.1) is 0 Å². The van der Waals surface area contributed by atoms with Gasteiger partial charge in [-0.3, -0.25) is 0 Å². The number of anilines is 1. The molecule has 0 fully saturated rings. The maximum absolute atomic E-state index is 5.90. The van der Waals surface area contributed by atoms with Gasteiger partial charge >= 0.3 is 0 Å². The summed E-state index contributed by atoms with van der Waals surface area (Å²) in [6, 6.07) is 6.15. The SMILES string of the molecule is COc1ncnc(Oc2ccc3c(c2)CCCC3)c1N. The molecule has 0 amide bonds. The molecule has 0 bridgehead atoms. The predicted molar refractivity (Wildman–Crippen MR) is 76.2 cm³/mol. The molecule has 3 rings (SSSR count). The molecule has 1 aromatic carbocycles. The normalized spacial score (nSPS) is 13.7. The van der Waals surface area contributed by atoms with Crippen LogP contribution in [0.25, 0.3) is 0 Å². The summed E-state index contributed by atoms with van der Waals surface area (Å²) in [5.41, 5.74) is 8.99. The van der Waals surface area contributed by atoms with Gasteiger partial charge < -0.3 is 15.2 Å². The summed E-state index contributed by atoms with van der Waals surface area (Å²) in [6.45, 7) is 0. The van der Waals surface area contributed by atoms with E-state index >= 15 is 0 Å². The fourth-order valence-corrected chi connectivity index (χ4v) is 2.49. The van der Waals surface area contributed by atoms with E-state index in [4.69, 9.17) is 15.2 Å². The number of aromatic nitrogens is 2. The number of ether oxygens (including phenoxy) is 2. The minimum absolute atomic E-state index is 0.313. The number of nitrogens with two attached hydrogens (primary N) is 1. The van der Waals surface area contributed by atoms with Crippen molar-refractivity contribution < 1.29 is 9.47 Å². The maximum Gasteiger partial charge on any atom is 0.249 e. The summed E-state index contributed by atoms with van der Waals surface area (Å²) in [5.74, 6) is 1.40. The van der Waals surface area contributed by atoms with E-state index in [0.29, 0.717) is 17.4 Å². The Balaban J connectivity index is 1.88. The van der Waals surface area contributed by atoms with E-state index in [2.05, 4.69) is 22.1 Å². The molecule has 2 aromatic rings. The lowest BCUT2D eigenvalue weighted by atomic mass is 9.92.